The second kappa shape index (κ2) is 5.57. The molecule has 0 bridgehead atoms. The van der Waals surface area contributed by atoms with Gasteiger partial charge in [-0.05, 0) is 30.9 Å². The number of anilines is 1. The molecule has 1 aliphatic rings. The number of ether oxygens (including phenoxy) is 1. The molecule has 0 saturated heterocycles. The van der Waals surface area contributed by atoms with E-state index in [-0.39, 0.29) is 5.54 Å². The van der Waals surface area contributed by atoms with Gasteiger partial charge in [-0.25, -0.2) is 4.98 Å². The number of pyridine rings is 1. The lowest BCUT2D eigenvalue weighted by Gasteiger charge is -2.40. The number of nitrogens with two attached hydrogens (primary N) is 1. The van der Waals surface area contributed by atoms with Gasteiger partial charge in [0.15, 0.2) is 0 Å². The van der Waals surface area contributed by atoms with E-state index < -0.39 is 0 Å². The number of rotatable bonds is 4. The predicted octanol–water partition coefficient (Wildman–Crippen LogP) is 2.41. The van der Waals surface area contributed by atoms with E-state index in [1.54, 1.807) is 13.3 Å². The summed E-state index contributed by atoms with van der Waals surface area (Å²) in [5.41, 5.74) is 6.00. The molecule has 1 aliphatic carbocycles. The fourth-order valence-electron chi connectivity index (χ4n) is 2.86. The second-order valence-corrected chi connectivity index (χ2v) is 5.39. The summed E-state index contributed by atoms with van der Waals surface area (Å²) in [5.74, 6) is 2.39. The monoisotopic (exact) mass is 249 g/mol. The van der Waals surface area contributed by atoms with E-state index in [2.05, 4.69) is 17.2 Å². The van der Waals surface area contributed by atoms with E-state index in [0.717, 1.165) is 30.3 Å². The smallest absolute Gasteiger partial charge is 0.137 e. The Balaban J connectivity index is 2.08. The number of hydrogen-bond donors (Lipinski definition) is 2. The molecule has 3 N–H and O–H groups in total. The minimum Gasteiger partial charge on any atom is -0.495 e. The van der Waals surface area contributed by atoms with Crippen molar-refractivity contribution >= 4 is 5.82 Å². The summed E-state index contributed by atoms with van der Waals surface area (Å²) in [6.45, 7) is 2.96. The highest BCUT2D eigenvalue weighted by atomic mass is 16.5. The van der Waals surface area contributed by atoms with Gasteiger partial charge < -0.3 is 15.8 Å². The molecule has 100 valence electrons. The maximum atomic E-state index is 5.99. The standard InChI is InChI=1S/C14H23N3O/c1-11-4-3-7-14(8-11,10-15)17-13-6-5-12(18-2)9-16-13/h5-6,9,11H,3-4,7-8,10,15H2,1-2H3,(H,16,17). The molecular weight excluding hydrogens is 226 g/mol. The molecule has 0 aliphatic heterocycles. The van der Waals surface area contributed by atoms with Gasteiger partial charge in [0.1, 0.15) is 11.6 Å². The first-order valence-corrected chi connectivity index (χ1v) is 6.66. The van der Waals surface area contributed by atoms with Crippen LogP contribution in [0.25, 0.3) is 0 Å². The summed E-state index contributed by atoms with van der Waals surface area (Å²) < 4.78 is 5.11. The first-order valence-electron chi connectivity index (χ1n) is 6.66. The van der Waals surface area contributed by atoms with Gasteiger partial charge in [-0.1, -0.05) is 19.8 Å². The summed E-state index contributed by atoms with van der Waals surface area (Å²) in [4.78, 5) is 4.37. The molecule has 0 amide bonds. The molecule has 0 radical (unpaired) electrons. The van der Waals surface area contributed by atoms with Crippen molar-refractivity contribution < 1.29 is 4.74 Å². The van der Waals surface area contributed by atoms with Crippen LogP contribution in [0.1, 0.15) is 32.6 Å². The summed E-state index contributed by atoms with van der Waals surface area (Å²) in [5, 5.41) is 3.53. The third kappa shape index (κ3) is 2.93. The van der Waals surface area contributed by atoms with Crippen LogP contribution < -0.4 is 15.8 Å². The largest absolute Gasteiger partial charge is 0.495 e. The van der Waals surface area contributed by atoms with Crippen LogP contribution in [0.2, 0.25) is 0 Å². The molecule has 2 rings (SSSR count). The molecule has 1 saturated carbocycles. The number of aromatic nitrogens is 1. The normalized spacial score (nSPS) is 27.8. The third-order valence-electron chi connectivity index (χ3n) is 3.85. The fourth-order valence-corrected chi connectivity index (χ4v) is 2.86. The molecule has 0 spiro atoms. The Bertz CT molecular complexity index is 379. The summed E-state index contributed by atoms with van der Waals surface area (Å²) in [6.07, 6.45) is 6.53. The SMILES string of the molecule is COc1ccc(NC2(CN)CCCC(C)C2)nc1. The van der Waals surface area contributed by atoms with Crippen molar-refractivity contribution in [2.24, 2.45) is 11.7 Å². The van der Waals surface area contributed by atoms with Crippen LogP contribution in [-0.4, -0.2) is 24.2 Å². The average molecular weight is 249 g/mol. The summed E-state index contributed by atoms with van der Waals surface area (Å²) >= 11 is 0. The van der Waals surface area contributed by atoms with Crippen LogP contribution in [0.15, 0.2) is 18.3 Å². The van der Waals surface area contributed by atoms with Gasteiger partial charge in [0.05, 0.1) is 18.8 Å². The Morgan fingerprint density at radius 1 is 1.56 bits per heavy atom. The molecule has 2 unspecified atom stereocenters. The molecule has 18 heavy (non-hydrogen) atoms. The summed E-state index contributed by atoms with van der Waals surface area (Å²) in [6, 6.07) is 3.88. The molecule has 1 aromatic rings. The quantitative estimate of drug-likeness (QED) is 0.860. The maximum Gasteiger partial charge on any atom is 0.137 e. The van der Waals surface area contributed by atoms with Crippen LogP contribution in [0.4, 0.5) is 5.82 Å². The minimum absolute atomic E-state index is 0.0131. The zero-order valence-electron chi connectivity index (χ0n) is 11.3. The molecular formula is C14H23N3O. The highest BCUT2D eigenvalue weighted by Crippen LogP contribution is 2.34. The zero-order chi connectivity index (χ0) is 13.0. The van der Waals surface area contributed by atoms with E-state index >= 15 is 0 Å². The zero-order valence-corrected chi connectivity index (χ0v) is 11.3. The van der Waals surface area contributed by atoms with Crippen molar-refractivity contribution in [3.63, 3.8) is 0 Å². The topological polar surface area (TPSA) is 60.2 Å². The molecule has 1 fully saturated rings. The van der Waals surface area contributed by atoms with E-state index in [1.807, 2.05) is 12.1 Å². The van der Waals surface area contributed by atoms with Gasteiger partial charge in [0, 0.05) is 6.54 Å². The second-order valence-electron chi connectivity index (χ2n) is 5.39. The van der Waals surface area contributed by atoms with Crippen molar-refractivity contribution in [3.8, 4) is 5.75 Å². The van der Waals surface area contributed by atoms with Gasteiger partial charge in [-0.15, -0.1) is 0 Å². The van der Waals surface area contributed by atoms with Gasteiger partial charge >= 0.3 is 0 Å². The van der Waals surface area contributed by atoms with Crippen LogP contribution >= 0.6 is 0 Å². The highest BCUT2D eigenvalue weighted by molar-refractivity contribution is 5.40. The van der Waals surface area contributed by atoms with Crippen LogP contribution in [0, 0.1) is 5.92 Å². The maximum absolute atomic E-state index is 5.99. The molecule has 0 aromatic carbocycles. The third-order valence-corrected chi connectivity index (χ3v) is 3.85. The van der Waals surface area contributed by atoms with Crippen LogP contribution in [0.5, 0.6) is 5.75 Å². The van der Waals surface area contributed by atoms with Gasteiger partial charge in [-0.3, -0.25) is 0 Å². The number of nitrogens with one attached hydrogen (secondary N) is 1. The first kappa shape index (κ1) is 13.1. The first-order chi connectivity index (χ1) is 8.67. The van der Waals surface area contributed by atoms with Gasteiger partial charge in [0.25, 0.3) is 0 Å². The Morgan fingerprint density at radius 3 is 2.94 bits per heavy atom. The van der Waals surface area contributed by atoms with Crippen molar-refractivity contribution in [3.05, 3.63) is 18.3 Å². The average Bonchev–Trinajstić information content (AvgIpc) is 2.39. The van der Waals surface area contributed by atoms with E-state index in [9.17, 15) is 0 Å². The highest BCUT2D eigenvalue weighted by Gasteiger charge is 2.33. The summed E-state index contributed by atoms with van der Waals surface area (Å²) in [7, 11) is 1.65. The molecule has 2 atom stereocenters. The van der Waals surface area contributed by atoms with Gasteiger partial charge in [-0.2, -0.15) is 0 Å². The Kier molecular flexibility index (Phi) is 4.07. The lowest BCUT2D eigenvalue weighted by atomic mass is 9.76. The van der Waals surface area contributed by atoms with E-state index in [0.29, 0.717) is 6.54 Å². The Hall–Kier alpha value is -1.29. The Morgan fingerprint density at radius 2 is 2.39 bits per heavy atom. The van der Waals surface area contributed by atoms with Crippen molar-refractivity contribution in [1.29, 1.82) is 0 Å². The number of nitrogens with zero attached hydrogens (tertiary/aromatic N) is 1. The molecule has 4 nitrogen and oxygen atoms in total. The number of hydrogen-bond acceptors (Lipinski definition) is 4. The lowest BCUT2D eigenvalue weighted by molar-refractivity contribution is 0.263. The van der Waals surface area contributed by atoms with E-state index in [4.69, 9.17) is 10.5 Å². The van der Waals surface area contributed by atoms with Crippen molar-refractivity contribution in [2.75, 3.05) is 19.0 Å². The minimum atomic E-state index is 0.0131. The lowest BCUT2D eigenvalue weighted by Crippen LogP contribution is -2.48. The van der Waals surface area contributed by atoms with Crippen LogP contribution in [0.3, 0.4) is 0 Å². The van der Waals surface area contributed by atoms with Crippen molar-refractivity contribution in [1.82, 2.24) is 4.98 Å². The Labute approximate surface area is 109 Å². The van der Waals surface area contributed by atoms with Crippen LogP contribution in [-0.2, 0) is 0 Å². The van der Waals surface area contributed by atoms with E-state index in [1.165, 1.54) is 12.8 Å². The molecule has 1 heterocycles. The molecule has 1 aromatic heterocycles. The van der Waals surface area contributed by atoms with Crippen molar-refractivity contribution in [2.45, 2.75) is 38.1 Å². The van der Waals surface area contributed by atoms with Gasteiger partial charge in [0.2, 0.25) is 0 Å². The number of methoxy groups -OCH3 is 1. The predicted molar refractivity (Wildman–Crippen MR) is 73.8 cm³/mol. The molecule has 4 heteroatoms. The fraction of sp³-hybridized carbons (Fsp3) is 0.643.